The second-order valence-electron chi connectivity index (χ2n) is 5.50. The van der Waals surface area contributed by atoms with Gasteiger partial charge in [-0.3, -0.25) is 0 Å². The third-order valence-electron chi connectivity index (χ3n) is 3.40. The molecule has 0 fully saturated rings. The molecule has 0 aromatic heterocycles. The molecule has 0 N–H and O–H groups in total. The molecule has 0 heterocycles. The van der Waals surface area contributed by atoms with Gasteiger partial charge in [0.1, 0.15) is 5.75 Å². The molecule has 0 radical (unpaired) electrons. The highest BCUT2D eigenvalue weighted by Crippen LogP contribution is 2.32. The molecule has 0 spiro atoms. The summed E-state index contributed by atoms with van der Waals surface area (Å²) >= 11 is 0. The Hall–Kier alpha value is -1.65. The number of carbonyl (C=O) groups is 1. The maximum atomic E-state index is 11.6. The lowest BCUT2D eigenvalue weighted by Crippen LogP contribution is -2.33. The molecule has 23 heavy (non-hydrogen) atoms. The number of hydrogen-bond acceptors (Lipinski definition) is 4. The number of ether oxygens (including phenoxy) is 3. The number of hydrogen-bond donors (Lipinski definition) is 0. The van der Waals surface area contributed by atoms with Crippen molar-refractivity contribution in [1.82, 2.24) is 0 Å². The molecule has 0 aliphatic heterocycles. The van der Waals surface area contributed by atoms with Gasteiger partial charge in [-0.25, -0.2) is 4.79 Å². The van der Waals surface area contributed by atoms with Gasteiger partial charge in [-0.2, -0.15) is 0 Å². The molecular formula is C19H28O4. The Morgan fingerprint density at radius 1 is 1.04 bits per heavy atom. The molecule has 4 nitrogen and oxygen atoms in total. The Balaban J connectivity index is 2.97. The smallest absolute Gasteiger partial charge is 0.338 e. The van der Waals surface area contributed by atoms with Crippen LogP contribution in [-0.4, -0.2) is 19.2 Å². The molecule has 0 bridgehead atoms. The van der Waals surface area contributed by atoms with Crippen LogP contribution in [0.5, 0.6) is 5.75 Å². The number of rotatable bonds is 10. The van der Waals surface area contributed by atoms with Crippen molar-refractivity contribution < 1.29 is 19.0 Å². The van der Waals surface area contributed by atoms with Gasteiger partial charge in [0.05, 0.1) is 13.2 Å². The van der Waals surface area contributed by atoms with E-state index in [-0.39, 0.29) is 0 Å². The van der Waals surface area contributed by atoms with Crippen molar-refractivity contribution in [2.24, 2.45) is 0 Å². The normalized spacial score (nSPS) is 11.3. The summed E-state index contributed by atoms with van der Waals surface area (Å²) in [7, 11) is 0. The monoisotopic (exact) mass is 320 g/mol. The second-order valence-corrected chi connectivity index (χ2v) is 5.50. The lowest BCUT2D eigenvalue weighted by Gasteiger charge is -2.33. The van der Waals surface area contributed by atoms with Gasteiger partial charge in [-0.05, 0) is 44.0 Å². The van der Waals surface area contributed by atoms with Crippen molar-refractivity contribution >= 4 is 5.97 Å². The van der Waals surface area contributed by atoms with Crippen molar-refractivity contribution in [2.75, 3.05) is 13.2 Å². The first-order chi connectivity index (χ1) is 11.0. The molecule has 0 saturated carbocycles. The highest BCUT2D eigenvalue weighted by Gasteiger charge is 2.32. The summed E-state index contributed by atoms with van der Waals surface area (Å²) in [5, 5.41) is 0. The van der Waals surface area contributed by atoms with Crippen molar-refractivity contribution in [3.63, 3.8) is 0 Å². The van der Waals surface area contributed by atoms with Gasteiger partial charge in [0.2, 0.25) is 0 Å². The fourth-order valence-corrected chi connectivity index (χ4v) is 2.12. The summed E-state index contributed by atoms with van der Waals surface area (Å²) in [4.78, 5) is 11.6. The van der Waals surface area contributed by atoms with Crippen LogP contribution in [0, 0.1) is 0 Å². The molecule has 0 atom stereocenters. The predicted octanol–water partition coefficient (Wildman–Crippen LogP) is 4.58. The molecule has 0 unspecified atom stereocenters. The van der Waals surface area contributed by atoms with E-state index in [4.69, 9.17) is 14.2 Å². The Bertz CT molecular complexity index is 497. The van der Waals surface area contributed by atoms with Gasteiger partial charge in [0.25, 0.3) is 0 Å². The Morgan fingerprint density at radius 2 is 1.57 bits per heavy atom. The summed E-state index contributed by atoms with van der Waals surface area (Å²) in [5.41, 5.74) is 1.30. The number of benzene rings is 1. The van der Waals surface area contributed by atoms with E-state index >= 15 is 0 Å². The molecule has 0 aliphatic rings. The highest BCUT2D eigenvalue weighted by atomic mass is 16.7. The predicted molar refractivity (Wildman–Crippen MR) is 91.3 cm³/mol. The van der Waals surface area contributed by atoms with Crippen LogP contribution in [0.15, 0.2) is 36.4 Å². The summed E-state index contributed by atoms with van der Waals surface area (Å²) in [6.07, 6.45) is 2.55. The Morgan fingerprint density at radius 3 is 1.96 bits per heavy atom. The van der Waals surface area contributed by atoms with Gasteiger partial charge in [-0.1, -0.05) is 27.4 Å². The molecule has 0 aliphatic carbocycles. The van der Waals surface area contributed by atoms with E-state index in [1.165, 1.54) is 0 Å². The minimum Gasteiger partial charge on any atom is -0.423 e. The fraction of sp³-hybridized carbons (Fsp3) is 0.526. The minimum atomic E-state index is -0.747. The van der Waals surface area contributed by atoms with Crippen molar-refractivity contribution in [2.45, 2.75) is 52.7 Å². The Labute approximate surface area is 139 Å². The van der Waals surface area contributed by atoms with Gasteiger partial charge < -0.3 is 14.2 Å². The first-order valence-electron chi connectivity index (χ1n) is 8.25. The summed E-state index contributed by atoms with van der Waals surface area (Å²) in [5.74, 6) is -0.690. The summed E-state index contributed by atoms with van der Waals surface area (Å²) < 4.78 is 17.3. The van der Waals surface area contributed by atoms with Crippen LogP contribution in [0.25, 0.3) is 0 Å². The van der Waals surface area contributed by atoms with E-state index in [1.807, 2.05) is 19.1 Å². The zero-order chi connectivity index (χ0) is 17.3. The molecule has 0 amide bonds. The number of carbonyl (C=O) groups excluding carboxylic acids is 1. The molecule has 1 aromatic rings. The summed E-state index contributed by atoms with van der Waals surface area (Å²) in [6, 6.07) is 7.28. The molecule has 4 heteroatoms. The quantitative estimate of drug-likeness (QED) is 0.274. The van der Waals surface area contributed by atoms with Crippen molar-refractivity contribution in [1.29, 1.82) is 0 Å². The average molecular weight is 320 g/mol. The molecule has 128 valence electrons. The van der Waals surface area contributed by atoms with Crippen LogP contribution >= 0.6 is 0 Å². The standard InChI is InChI=1S/C19H28O4/c1-6-13-21-19(8-3,22-14-7-2)16-9-11-17(12-10-16)23-18(20)15(4)5/h9-12H,4,6-8,13-14H2,1-3,5H3. The zero-order valence-corrected chi connectivity index (χ0v) is 14.7. The van der Waals surface area contributed by atoms with Crippen LogP contribution < -0.4 is 4.74 Å². The van der Waals surface area contributed by atoms with E-state index in [2.05, 4.69) is 20.4 Å². The molecular weight excluding hydrogens is 292 g/mol. The van der Waals surface area contributed by atoms with E-state index < -0.39 is 11.8 Å². The topological polar surface area (TPSA) is 44.8 Å². The van der Waals surface area contributed by atoms with Gasteiger partial charge in [0, 0.05) is 17.6 Å². The highest BCUT2D eigenvalue weighted by molar-refractivity contribution is 5.88. The van der Waals surface area contributed by atoms with Crippen LogP contribution in [0.1, 0.15) is 52.5 Å². The van der Waals surface area contributed by atoms with Gasteiger partial charge >= 0.3 is 5.97 Å². The van der Waals surface area contributed by atoms with Crippen LogP contribution in [0.3, 0.4) is 0 Å². The van der Waals surface area contributed by atoms with Gasteiger partial charge in [0.15, 0.2) is 5.79 Å². The van der Waals surface area contributed by atoms with Crippen LogP contribution in [0.4, 0.5) is 0 Å². The first kappa shape index (κ1) is 19.4. The lowest BCUT2D eigenvalue weighted by molar-refractivity contribution is -0.249. The maximum Gasteiger partial charge on any atom is 0.338 e. The third kappa shape index (κ3) is 5.48. The van der Waals surface area contributed by atoms with E-state index in [1.54, 1.807) is 19.1 Å². The van der Waals surface area contributed by atoms with Gasteiger partial charge in [-0.15, -0.1) is 0 Å². The van der Waals surface area contributed by atoms with E-state index in [0.717, 1.165) is 18.4 Å². The lowest BCUT2D eigenvalue weighted by atomic mass is 10.0. The molecule has 1 aromatic carbocycles. The van der Waals surface area contributed by atoms with Crippen molar-refractivity contribution in [3.05, 3.63) is 42.0 Å². The Kier molecular flexibility index (Phi) is 8.00. The molecule has 1 rings (SSSR count). The first-order valence-corrected chi connectivity index (χ1v) is 8.25. The number of esters is 1. The second kappa shape index (κ2) is 9.48. The van der Waals surface area contributed by atoms with Crippen LogP contribution in [-0.2, 0) is 20.1 Å². The van der Waals surface area contributed by atoms with Crippen molar-refractivity contribution in [3.8, 4) is 5.75 Å². The largest absolute Gasteiger partial charge is 0.423 e. The maximum absolute atomic E-state index is 11.6. The fourth-order valence-electron chi connectivity index (χ4n) is 2.12. The average Bonchev–Trinajstić information content (AvgIpc) is 2.56. The van der Waals surface area contributed by atoms with E-state index in [9.17, 15) is 4.79 Å². The zero-order valence-electron chi connectivity index (χ0n) is 14.7. The third-order valence-corrected chi connectivity index (χ3v) is 3.40. The summed E-state index contributed by atoms with van der Waals surface area (Å²) in [6.45, 7) is 12.6. The van der Waals surface area contributed by atoms with Crippen LogP contribution in [0.2, 0.25) is 0 Å². The SMILES string of the molecule is C=C(C)C(=O)Oc1ccc(C(CC)(OCCC)OCCC)cc1. The minimum absolute atomic E-state index is 0.370. The van der Waals surface area contributed by atoms with E-state index in [0.29, 0.717) is 31.0 Å². The molecule has 0 saturated heterocycles.